The lowest BCUT2D eigenvalue weighted by atomic mass is 9.99. The fourth-order valence-corrected chi connectivity index (χ4v) is 4.47. The highest BCUT2D eigenvalue weighted by molar-refractivity contribution is 9.10. The maximum absolute atomic E-state index is 12.7. The van der Waals surface area contributed by atoms with E-state index in [0.717, 1.165) is 0 Å². The lowest BCUT2D eigenvalue weighted by molar-refractivity contribution is 0.0629. The molecular weight excluding hydrogens is 346 g/mol. The van der Waals surface area contributed by atoms with E-state index in [-0.39, 0.29) is 10.8 Å². The monoisotopic (exact) mass is 363 g/mol. The molecule has 20 heavy (non-hydrogen) atoms. The van der Waals surface area contributed by atoms with Crippen molar-refractivity contribution in [1.29, 1.82) is 0 Å². The molecule has 2 unspecified atom stereocenters. The average Bonchev–Trinajstić information content (AvgIpc) is 2.41. The van der Waals surface area contributed by atoms with Gasteiger partial charge < -0.3 is 10.4 Å². The predicted octanol–water partition coefficient (Wildman–Crippen LogP) is 1.28. The molecule has 1 aliphatic heterocycles. The molecule has 2 N–H and O–H groups in total. The molecule has 1 fully saturated rings. The Morgan fingerprint density at radius 1 is 1.55 bits per heavy atom. The first-order valence-corrected chi connectivity index (χ1v) is 8.61. The molecule has 6 nitrogen and oxygen atoms in total. The number of aromatic nitrogens is 1. The van der Waals surface area contributed by atoms with Gasteiger partial charge in [-0.3, -0.25) is 0 Å². The van der Waals surface area contributed by atoms with Crippen LogP contribution in [0.2, 0.25) is 0 Å². The fraction of sp³-hybridized carbons (Fsp3) is 0.583. The second-order valence-electron chi connectivity index (χ2n) is 4.95. The van der Waals surface area contributed by atoms with Crippen LogP contribution in [0.1, 0.15) is 13.3 Å². The van der Waals surface area contributed by atoms with Gasteiger partial charge in [-0.25, -0.2) is 13.4 Å². The minimum Gasteiger partial charge on any atom is -0.393 e. The number of hydrogen-bond donors (Lipinski definition) is 2. The highest BCUT2D eigenvalue weighted by Gasteiger charge is 2.34. The maximum atomic E-state index is 12.7. The number of halogens is 1. The van der Waals surface area contributed by atoms with Crippen LogP contribution in [0.4, 0.5) is 5.82 Å². The quantitative estimate of drug-likeness (QED) is 0.844. The third-order valence-electron chi connectivity index (χ3n) is 3.50. The minimum atomic E-state index is -3.62. The molecule has 1 aliphatic rings. The first-order valence-electron chi connectivity index (χ1n) is 6.37. The molecule has 0 radical (unpaired) electrons. The molecule has 2 rings (SSSR count). The number of hydrogen-bond acceptors (Lipinski definition) is 5. The Bertz CT molecular complexity index is 594. The van der Waals surface area contributed by atoms with Crippen LogP contribution in [-0.4, -0.2) is 49.1 Å². The van der Waals surface area contributed by atoms with Crippen LogP contribution >= 0.6 is 15.9 Å². The van der Waals surface area contributed by atoms with Gasteiger partial charge in [0.05, 0.1) is 6.10 Å². The molecule has 0 bridgehead atoms. The molecule has 0 saturated carbocycles. The van der Waals surface area contributed by atoms with E-state index in [1.807, 2.05) is 6.92 Å². The first kappa shape index (κ1) is 15.7. The Hall–Kier alpha value is -0.700. The number of aliphatic hydroxyl groups excluding tert-OH is 1. The summed E-state index contributed by atoms with van der Waals surface area (Å²) in [4.78, 5) is 4.23. The molecule has 2 heterocycles. The van der Waals surface area contributed by atoms with Crippen LogP contribution in [0.5, 0.6) is 0 Å². The van der Waals surface area contributed by atoms with Crippen LogP contribution in [0.3, 0.4) is 0 Å². The molecule has 1 aromatic heterocycles. The Morgan fingerprint density at radius 2 is 2.25 bits per heavy atom. The van der Waals surface area contributed by atoms with Crippen molar-refractivity contribution in [2.24, 2.45) is 5.92 Å². The van der Waals surface area contributed by atoms with Crippen LogP contribution in [0.15, 0.2) is 21.6 Å². The summed E-state index contributed by atoms with van der Waals surface area (Å²) in [6.45, 7) is 2.49. The van der Waals surface area contributed by atoms with Crippen LogP contribution in [0.25, 0.3) is 0 Å². The van der Waals surface area contributed by atoms with Gasteiger partial charge in [0.15, 0.2) is 0 Å². The summed E-state index contributed by atoms with van der Waals surface area (Å²) >= 11 is 3.25. The zero-order valence-corrected chi connectivity index (χ0v) is 13.8. The predicted molar refractivity (Wildman–Crippen MR) is 80.0 cm³/mol. The van der Waals surface area contributed by atoms with Crippen molar-refractivity contribution in [3.63, 3.8) is 0 Å². The molecule has 0 amide bonds. The van der Waals surface area contributed by atoms with E-state index < -0.39 is 16.1 Å². The van der Waals surface area contributed by atoms with E-state index in [1.165, 1.54) is 4.31 Å². The highest BCUT2D eigenvalue weighted by Crippen LogP contribution is 2.29. The van der Waals surface area contributed by atoms with Gasteiger partial charge in [0, 0.05) is 30.8 Å². The molecule has 8 heteroatoms. The summed E-state index contributed by atoms with van der Waals surface area (Å²) in [5.41, 5.74) is 0. The molecule has 2 atom stereocenters. The summed E-state index contributed by atoms with van der Waals surface area (Å²) in [7, 11) is -1.98. The second kappa shape index (κ2) is 5.97. The van der Waals surface area contributed by atoms with Crippen LogP contribution in [-0.2, 0) is 10.0 Å². The van der Waals surface area contributed by atoms with Gasteiger partial charge in [0.25, 0.3) is 0 Å². The number of rotatable bonds is 3. The fourth-order valence-electron chi connectivity index (χ4n) is 2.26. The molecule has 0 aliphatic carbocycles. The Morgan fingerprint density at radius 3 is 2.85 bits per heavy atom. The van der Waals surface area contributed by atoms with E-state index in [2.05, 4.69) is 26.2 Å². The first-order chi connectivity index (χ1) is 9.36. The van der Waals surface area contributed by atoms with Gasteiger partial charge in [-0.05, 0) is 34.3 Å². The Kier molecular flexibility index (Phi) is 4.68. The summed E-state index contributed by atoms with van der Waals surface area (Å²) in [5, 5.41) is 12.5. The number of pyridine rings is 1. The summed E-state index contributed by atoms with van der Waals surface area (Å²) < 4.78 is 27.5. The van der Waals surface area contributed by atoms with Crippen LogP contribution < -0.4 is 5.32 Å². The molecule has 0 aromatic carbocycles. The smallest absolute Gasteiger partial charge is 0.246 e. The highest BCUT2D eigenvalue weighted by atomic mass is 79.9. The van der Waals surface area contributed by atoms with Gasteiger partial charge in [0.1, 0.15) is 10.7 Å². The lowest BCUT2D eigenvalue weighted by Gasteiger charge is -2.33. The van der Waals surface area contributed by atoms with Gasteiger partial charge in [-0.1, -0.05) is 6.92 Å². The number of piperidine rings is 1. The third kappa shape index (κ3) is 2.98. The van der Waals surface area contributed by atoms with Crippen molar-refractivity contribution < 1.29 is 13.5 Å². The van der Waals surface area contributed by atoms with E-state index in [4.69, 9.17) is 0 Å². The largest absolute Gasteiger partial charge is 0.393 e. The number of aliphatic hydroxyl groups is 1. The van der Waals surface area contributed by atoms with Crippen LogP contribution in [0, 0.1) is 5.92 Å². The number of nitrogens with zero attached hydrogens (tertiary/aromatic N) is 2. The van der Waals surface area contributed by atoms with Gasteiger partial charge in [0.2, 0.25) is 10.0 Å². The minimum absolute atomic E-state index is 0.0725. The third-order valence-corrected chi connectivity index (χ3v) is 5.81. The summed E-state index contributed by atoms with van der Waals surface area (Å²) in [5.74, 6) is 0.253. The summed E-state index contributed by atoms with van der Waals surface area (Å²) in [6.07, 6.45) is 1.57. The second-order valence-corrected chi connectivity index (χ2v) is 7.77. The van der Waals surface area contributed by atoms with Gasteiger partial charge in [-0.15, -0.1) is 0 Å². The number of anilines is 1. The van der Waals surface area contributed by atoms with Gasteiger partial charge >= 0.3 is 0 Å². The Labute approximate surface area is 127 Å². The average molecular weight is 364 g/mol. The normalized spacial score (nSPS) is 24.6. The molecule has 0 spiro atoms. The van der Waals surface area contributed by atoms with Gasteiger partial charge in [-0.2, -0.15) is 4.31 Å². The number of nitrogens with one attached hydrogen (secondary N) is 1. The van der Waals surface area contributed by atoms with Crippen molar-refractivity contribution >= 4 is 31.8 Å². The zero-order valence-electron chi connectivity index (χ0n) is 11.4. The Balaban J connectivity index is 2.38. The molecule has 1 saturated heterocycles. The molecule has 112 valence electrons. The van der Waals surface area contributed by atoms with Crippen molar-refractivity contribution in [3.8, 4) is 0 Å². The lowest BCUT2D eigenvalue weighted by Crippen LogP contribution is -2.45. The topological polar surface area (TPSA) is 82.5 Å². The maximum Gasteiger partial charge on any atom is 0.246 e. The number of sulfonamides is 1. The van der Waals surface area contributed by atoms with E-state index in [1.54, 1.807) is 19.3 Å². The van der Waals surface area contributed by atoms with E-state index in [0.29, 0.717) is 29.8 Å². The van der Waals surface area contributed by atoms with E-state index >= 15 is 0 Å². The molecule has 1 aromatic rings. The zero-order chi connectivity index (χ0) is 14.9. The summed E-state index contributed by atoms with van der Waals surface area (Å²) in [6, 6.07) is 1.55. The van der Waals surface area contributed by atoms with Crippen molar-refractivity contribution in [2.75, 3.05) is 25.5 Å². The van der Waals surface area contributed by atoms with Crippen molar-refractivity contribution in [1.82, 2.24) is 9.29 Å². The standard InChI is InChI=1S/C12H18BrN3O3S/c1-8-7-16(4-3-10(8)17)20(18,19)11-5-9(13)6-15-12(11)14-2/h5-6,8,10,17H,3-4,7H2,1-2H3,(H,14,15). The van der Waals surface area contributed by atoms with Crippen molar-refractivity contribution in [2.45, 2.75) is 24.3 Å². The molecular formula is C12H18BrN3O3S. The van der Waals surface area contributed by atoms with E-state index in [9.17, 15) is 13.5 Å². The SMILES string of the molecule is CNc1ncc(Br)cc1S(=O)(=O)N1CCC(O)C(C)C1. The van der Waals surface area contributed by atoms with Crippen molar-refractivity contribution in [3.05, 3.63) is 16.7 Å².